The van der Waals surface area contributed by atoms with E-state index in [0.29, 0.717) is 0 Å². The number of rotatable bonds is 5. The monoisotopic (exact) mass is 371 g/mol. The topological polar surface area (TPSA) is 45.2 Å². The maximum Gasteiger partial charge on any atom is 0.252 e. The van der Waals surface area contributed by atoms with Crippen molar-refractivity contribution in [2.45, 2.75) is 25.4 Å². The van der Waals surface area contributed by atoms with E-state index in [0.717, 1.165) is 49.2 Å². The third-order valence-corrected chi connectivity index (χ3v) is 5.33. The third kappa shape index (κ3) is 4.46. The Kier molecular flexibility index (Phi) is 5.78. The van der Waals surface area contributed by atoms with Crippen LogP contribution in [0.25, 0.3) is 11.1 Å². The molecule has 0 aliphatic carbocycles. The molecule has 0 bridgehead atoms. The van der Waals surface area contributed by atoms with Gasteiger partial charge in [0.1, 0.15) is 0 Å². The van der Waals surface area contributed by atoms with Crippen molar-refractivity contribution in [3.05, 3.63) is 90.3 Å². The molecule has 1 aliphatic rings. The first-order chi connectivity index (χ1) is 13.8. The van der Waals surface area contributed by atoms with E-state index in [4.69, 9.17) is 0 Å². The van der Waals surface area contributed by atoms with Crippen molar-refractivity contribution < 1.29 is 4.79 Å². The Labute approximate surface area is 166 Å². The van der Waals surface area contributed by atoms with Crippen LogP contribution in [0.1, 0.15) is 28.8 Å². The molecule has 3 aromatic rings. The van der Waals surface area contributed by atoms with Crippen molar-refractivity contribution in [1.29, 1.82) is 0 Å². The average molecular weight is 371 g/mol. The van der Waals surface area contributed by atoms with Crippen LogP contribution in [0.2, 0.25) is 0 Å². The molecule has 4 heteroatoms. The summed E-state index contributed by atoms with van der Waals surface area (Å²) in [5.74, 6) is 0.0204. The summed E-state index contributed by atoms with van der Waals surface area (Å²) in [6.45, 7) is 2.93. The minimum Gasteiger partial charge on any atom is -0.349 e. The summed E-state index contributed by atoms with van der Waals surface area (Å²) in [6.07, 6.45) is 5.63. The fourth-order valence-corrected chi connectivity index (χ4v) is 3.80. The number of carbonyl (C=O) groups excluding carboxylic acids is 1. The van der Waals surface area contributed by atoms with E-state index in [1.165, 1.54) is 5.56 Å². The molecule has 1 aromatic heterocycles. The molecule has 0 spiro atoms. The normalized spacial score (nSPS) is 15.3. The summed E-state index contributed by atoms with van der Waals surface area (Å²) in [5, 5.41) is 3.25. The number of piperidine rings is 1. The Morgan fingerprint density at radius 2 is 1.61 bits per heavy atom. The van der Waals surface area contributed by atoms with E-state index < -0.39 is 0 Å². The van der Waals surface area contributed by atoms with Crippen LogP contribution >= 0.6 is 0 Å². The van der Waals surface area contributed by atoms with Gasteiger partial charge >= 0.3 is 0 Å². The number of amides is 1. The van der Waals surface area contributed by atoms with Gasteiger partial charge in [0.05, 0.1) is 0 Å². The molecule has 1 aliphatic heterocycles. The average Bonchev–Trinajstić information content (AvgIpc) is 2.76. The van der Waals surface area contributed by atoms with Crippen LogP contribution in [0.3, 0.4) is 0 Å². The molecule has 0 radical (unpaired) electrons. The number of aromatic nitrogens is 1. The van der Waals surface area contributed by atoms with Crippen LogP contribution in [0.15, 0.2) is 79.1 Å². The summed E-state index contributed by atoms with van der Waals surface area (Å²) in [7, 11) is 0. The molecule has 1 fully saturated rings. The second-order valence-corrected chi connectivity index (χ2v) is 7.29. The van der Waals surface area contributed by atoms with Crippen LogP contribution in [0, 0.1) is 0 Å². The van der Waals surface area contributed by atoms with Gasteiger partial charge in [0, 0.05) is 43.6 Å². The van der Waals surface area contributed by atoms with Gasteiger partial charge in [0.2, 0.25) is 0 Å². The zero-order chi connectivity index (χ0) is 19.2. The number of nitrogens with one attached hydrogen (secondary N) is 1. The molecule has 0 saturated carbocycles. The first kappa shape index (κ1) is 18.4. The Hall–Kier alpha value is -2.98. The molecular formula is C24H25N3O. The molecule has 4 rings (SSSR count). The number of benzene rings is 2. The van der Waals surface area contributed by atoms with Crippen molar-refractivity contribution in [2.75, 3.05) is 13.1 Å². The summed E-state index contributed by atoms with van der Waals surface area (Å²) < 4.78 is 0. The summed E-state index contributed by atoms with van der Waals surface area (Å²) >= 11 is 0. The molecule has 2 aromatic carbocycles. The third-order valence-electron chi connectivity index (χ3n) is 5.33. The Morgan fingerprint density at radius 3 is 2.36 bits per heavy atom. The number of pyridine rings is 1. The first-order valence-corrected chi connectivity index (χ1v) is 9.86. The van der Waals surface area contributed by atoms with Crippen LogP contribution in [-0.4, -0.2) is 34.9 Å². The second kappa shape index (κ2) is 8.81. The highest BCUT2D eigenvalue weighted by Gasteiger charge is 2.22. The minimum atomic E-state index is 0.0204. The van der Waals surface area contributed by atoms with Gasteiger partial charge in [-0.15, -0.1) is 0 Å². The van der Waals surface area contributed by atoms with Gasteiger partial charge in [0.15, 0.2) is 0 Å². The predicted octanol–water partition coefficient (Wildman–Crippen LogP) is 4.14. The molecule has 4 nitrogen and oxygen atoms in total. The second-order valence-electron chi connectivity index (χ2n) is 7.29. The maximum absolute atomic E-state index is 12.9. The van der Waals surface area contributed by atoms with Crippen LogP contribution in [0.5, 0.6) is 0 Å². The Balaban J connectivity index is 1.37. The van der Waals surface area contributed by atoms with Crippen LogP contribution in [-0.2, 0) is 6.54 Å². The molecule has 1 saturated heterocycles. The lowest BCUT2D eigenvalue weighted by Gasteiger charge is -2.32. The van der Waals surface area contributed by atoms with Crippen molar-refractivity contribution in [3.8, 4) is 11.1 Å². The number of hydrogen-bond acceptors (Lipinski definition) is 3. The van der Waals surface area contributed by atoms with E-state index >= 15 is 0 Å². The zero-order valence-electron chi connectivity index (χ0n) is 15.9. The van der Waals surface area contributed by atoms with Gasteiger partial charge in [-0.25, -0.2) is 0 Å². The lowest BCUT2D eigenvalue weighted by molar-refractivity contribution is 0.0909. The summed E-state index contributed by atoms with van der Waals surface area (Å²) in [6, 6.07) is 22.3. The molecule has 1 N–H and O–H groups in total. The smallest absolute Gasteiger partial charge is 0.252 e. The van der Waals surface area contributed by atoms with Crippen LogP contribution in [0.4, 0.5) is 0 Å². The lowest BCUT2D eigenvalue weighted by atomic mass is 9.98. The zero-order valence-corrected chi connectivity index (χ0v) is 15.9. The minimum absolute atomic E-state index is 0.0204. The molecule has 2 heterocycles. The SMILES string of the molecule is O=C(NC1CCN(Cc2ccncc2)CC1)c1ccccc1-c1ccccc1. The number of nitrogens with zero attached hydrogens (tertiary/aromatic N) is 2. The van der Waals surface area contributed by atoms with Crippen molar-refractivity contribution in [3.63, 3.8) is 0 Å². The molecule has 0 unspecified atom stereocenters. The standard InChI is InChI=1S/C24H25N3O/c28-24(23-9-5-4-8-22(23)20-6-2-1-3-7-20)26-21-12-16-27(17-13-21)18-19-10-14-25-15-11-19/h1-11,14-15,21H,12-13,16-18H2,(H,26,28). The highest BCUT2D eigenvalue weighted by atomic mass is 16.1. The number of carbonyl (C=O) groups is 1. The molecule has 1 amide bonds. The fraction of sp³-hybridized carbons (Fsp3) is 0.250. The van der Waals surface area contributed by atoms with Gasteiger partial charge in [-0.05, 0) is 47.7 Å². The van der Waals surface area contributed by atoms with Gasteiger partial charge in [0.25, 0.3) is 5.91 Å². The molecule has 0 atom stereocenters. The van der Waals surface area contributed by atoms with E-state index in [-0.39, 0.29) is 11.9 Å². The van der Waals surface area contributed by atoms with Crippen LogP contribution < -0.4 is 5.32 Å². The quantitative estimate of drug-likeness (QED) is 0.733. The number of hydrogen-bond donors (Lipinski definition) is 1. The van der Waals surface area contributed by atoms with Gasteiger partial charge in [-0.2, -0.15) is 0 Å². The summed E-state index contributed by atoms with van der Waals surface area (Å²) in [5.41, 5.74) is 4.08. The van der Waals surface area contributed by atoms with Crippen molar-refractivity contribution in [1.82, 2.24) is 15.2 Å². The maximum atomic E-state index is 12.9. The Morgan fingerprint density at radius 1 is 0.929 bits per heavy atom. The molecule has 28 heavy (non-hydrogen) atoms. The number of likely N-dealkylation sites (tertiary alicyclic amines) is 1. The van der Waals surface area contributed by atoms with E-state index in [1.807, 2.05) is 67.0 Å². The van der Waals surface area contributed by atoms with Crippen molar-refractivity contribution in [2.24, 2.45) is 0 Å². The van der Waals surface area contributed by atoms with Gasteiger partial charge in [-0.3, -0.25) is 14.7 Å². The van der Waals surface area contributed by atoms with E-state index in [2.05, 4.69) is 27.3 Å². The van der Waals surface area contributed by atoms with Gasteiger partial charge < -0.3 is 5.32 Å². The van der Waals surface area contributed by atoms with E-state index in [1.54, 1.807) is 0 Å². The predicted molar refractivity (Wildman–Crippen MR) is 112 cm³/mol. The summed E-state index contributed by atoms with van der Waals surface area (Å²) in [4.78, 5) is 19.5. The fourth-order valence-electron chi connectivity index (χ4n) is 3.80. The largest absolute Gasteiger partial charge is 0.349 e. The van der Waals surface area contributed by atoms with Gasteiger partial charge in [-0.1, -0.05) is 48.5 Å². The van der Waals surface area contributed by atoms with Crippen molar-refractivity contribution >= 4 is 5.91 Å². The Bertz CT molecular complexity index is 903. The molecular weight excluding hydrogens is 346 g/mol. The molecule has 142 valence electrons. The highest BCUT2D eigenvalue weighted by Crippen LogP contribution is 2.24. The highest BCUT2D eigenvalue weighted by molar-refractivity contribution is 6.01. The lowest BCUT2D eigenvalue weighted by Crippen LogP contribution is -2.44. The van der Waals surface area contributed by atoms with E-state index in [9.17, 15) is 4.79 Å². The first-order valence-electron chi connectivity index (χ1n) is 9.86.